The molecule has 9 nitrogen and oxygen atoms in total. The molecule has 42 heavy (non-hydrogen) atoms. The summed E-state index contributed by atoms with van der Waals surface area (Å²) < 4.78 is 114. The van der Waals surface area contributed by atoms with Gasteiger partial charge in [-0.15, -0.1) is 0 Å². The molecule has 16 heteroatoms. The fraction of sp³-hybridized carbons (Fsp3) is 0.308. The monoisotopic (exact) mass is 614 g/mol. The number of rotatable bonds is 8. The molecule has 0 aliphatic carbocycles. The van der Waals surface area contributed by atoms with Gasteiger partial charge in [-0.3, -0.25) is 4.68 Å². The minimum absolute atomic E-state index is 0.0170. The molecule has 3 heterocycles. The summed E-state index contributed by atoms with van der Waals surface area (Å²) in [5, 5.41) is 9.07. The molecule has 0 spiro atoms. The second-order valence-electron chi connectivity index (χ2n) is 9.10. The van der Waals surface area contributed by atoms with Crippen LogP contribution in [-0.2, 0) is 23.3 Å². The summed E-state index contributed by atoms with van der Waals surface area (Å²) in [5.74, 6) is 5.38. The number of nitrogens with one attached hydrogen (secondary N) is 2. The maximum absolute atomic E-state index is 14.2. The number of nitrogens with zero attached hydrogens (tertiary/aromatic N) is 4. The first-order valence-electron chi connectivity index (χ1n) is 12.1. The van der Waals surface area contributed by atoms with Crippen LogP contribution in [0.3, 0.4) is 0 Å². The standard InChI is InChI=1S/C26H24F6N6O3S/c1-37-22(10-12-34-37)36-23(26(30,31)32)17-6-5-13-38-20(15-25(27,28)29)18(35-24(17)38)7-4-11-33-19-9-8-16(42(3,39)40)14-21(19)41-2/h5-6,8-10,12-14,23,33,36H,11,15H2,1-3H3/t23-/m0/s1. The number of aromatic nitrogens is 4. The van der Waals surface area contributed by atoms with Gasteiger partial charge in [-0.25, -0.2) is 13.4 Å². The number of hydrogen-bond acceptors (Lipinski definition) is 7. The van der Waals surface area contributed by atoms with E-state index >= 15 is 0 Å². The summed E-state index contributed by atoms with van der Waals surface area (Å²) in [6.07, 6.45) is -7.51. The van der Waals surface area contributed by atoms with Crippen molar-refractivity contribution in [2.75, 3.05) is 30.5 Å². The number of fused-ring (bicyclic) bond motifs is 1. The first-order valence-corrected chi connectivity index (χ1v) is 14.0. The molecular formula is C26H24F6N6O3S. The predicted molar refractivity (Wildman–Crippen MR) is 142 cm³/mol. The van der Waals surface area contributed by atoms with Gasteiger partial charge < -0.3 is 19.8 Å². The van der Waals surface area contributed by atoms with Crippen molar-refractivity contribution in [2.24, 2.45) is 7.05 Å². The average molecular weight is 615 g/mol. The van der Waals surface area contributed by atoms with E-state index < -0.39 is 45.9 Å². The molecule has 4 aromatic rings. The maximum Gasteiger partial charge on any atom is 0.412 e. The number of anilines is 2. The number of alkyl halides is 6. The van der Waals surface area contributed by atoms with E-state index in [0.717, 1.165) is 16.7 Å². The summed E-state index contributed by atoms with van der Waals surface area (Å²) in [6.45, 7) is -0.131. The van der Waals surface area contributed by atoms with E-state index in [0.29, 0.717) is 5.69 Å². The third-order valence-corrected chi connectivity index (χ3v) is 7.18. The lowest BCUT2D eigenvalue weighted by Crippen LogP contribution is -2.29. The lowest BCUT2D eigenvalue weighted by molar-refractivity contribution is -0.144. The van der Waals surface area contributed by atoms with Crippen molar-refractivity contribution in [3.63, 3.8) is 0 Å². The smallest absolute Gasteiger partial charge is 0.412 e. The van der Waals surface area contributed by atoms with Gasteiger partial charge in [-0.05, 0) is 24.1 Å². The van der Waals surface area contributed by atoms with Crippen molar-refractivity contribution in [3.8, 4) is 17.6 Å². The van der Waals surface area contributed by atoms with Gasteiger partial charge in [0.1, 0.15) is 22.9 Å². The van der Waals surface area contributed by atoms with Crippen molar-refractivity contribution >= 4 is 27.0 Å². The van der Waals surface area contributed by atoms with Crippen LogP contribution >= 0.6 is 0 Å². The highest BCUT2D eigenvalue weighted by molar-refractivity contribution is 7.90. The van der Waals surface area contributed by atoms with E-state index in [1.54, 1.807) is 0 Å². The fourth-order valence-electron chi connectivity index (χ4n) is 4.14. The van der Waals surface area contributed by atoms with Crippen LogP contribution in [0.5, 0.6) is 5.75 Å². The number of ether oxygens (including phenoxy) is 1. The highest BCUT2D eigenvalue weighted by atomic mass is 32.2. The minimum Gasteiger partial charge on any atom is -0.495 e. The third kappa shape index (κ3) is 6.90. The van der Waals surface area contributed by atoms with Crippen LogP contribution in [0.1, 0.15) is 23.0 Å². The Kier molecular flexibility index (Phi) is 8.35. The van der Waals surface area contributed by atoms with Crippen LogP contribution in [0.4, 0.5) is 37.8 Å². The van der Waals surface area contributed by atoms with Gasteiger partial charge in [-0.1, -0.05) is 12.0 Å². The molecule has 0 aliphatic rings. The molecule has 0 amide bonds. The number of hydrogen-bond donors (Lipinski definition) is 2. The Labute approximate surface area is 236 Å². The van der Waals surface area contributed by atoms with Gasteiger partial charge in [0.25, 0.3) is 0 Å². The van der Waals surface area contributed by atoms with Crippen molar-refractivity contribution < 1.29 is 39.5 Å². The summed E-state index contributed by atoms with van der Waals surface area (Å²) in [4.78, 5) is 4.12. The van der Waals surface area contributed by atoms with Gasteiger partial charge in [0.2, 0.25) is 0 Å². The average Bonchev–Trinajstić information content (AvgIpc) is 3.45. The SMILES string of the molecule is COc1cc(S(C)(=O)=O)ccc1NCC#Cc1nc2c([C@H](Nc3ccnn3C)C(F)(F)F)cccn2c1CC(F)(F)F. The molecule has 0 aliphatic heterocycles. The third-order valence-electron chi connectivity index (χ3n) is 6.07. The summed E-state index contributed by atoms with van der Waals surface area (Å²) in [5.41, 5.74) is -1.16. The van der Waals surface area contributed by atoms with Crippen LogP contribution in [0.2, 0.25) is 0 Å². The number of pyridine rings is 1. The summed E-state index contributed by atoms with van der Waals surface area (Å²) in [6, 6.07) is 5.43. The maximum atomic E-state index is 14.2. The quantitative estimate of drug-likeness (QED) is 0.218. The molecule has 3 aromatic heterocycles. The van der Waals surface area contributed by atoms with Crippen LogP contribution in [0, 0.1) is 11.8 Å². The number of methoxy groups -OCH3 is 1. The van der Waals surface area contributed by atoms with Crippen LogP contribution in [0.15, 0.2) is 53.7 Å². The molecule has 0 bridgehead atoms. The second kappa shape index (κ2) is 11.5. The van der Waals surface area contributed by atoms with Gasteiger partial charge >= 0.3 is 12.4 Å². The first-order chi connectivity index (χ1) is 19.6. The molecule has 4 rings (SSSR count). The minimum atomic E-state index is -4.84. The largest absolute Gasteiger partial charge is 0.495 e. The van der Waals surface area contributed by atoms with E-state index in [-0.39, 0.29) is 34.3 Å². The van der Waals surface area contributed by atoms with Gasteiger partial charge in [0, 0.05) is 37.2 Å². The summed E-state index contributed by atoms with van der Waals surface area (Å²) in [7, 11) is -0.738. The number of halogens is 6. The van der Waals surface area contributed by atoms with Crippen molar-refractivity contribution in [1.82, 2.24) is 19.2 Å². The van der Waals surface area contributed by atoms with Crippen molar-refractivity contribution in [2.45, 2.75) is 29.7 Å². The Morgan fingerprint density at radius 1 is 1.12 bits per heavy atom. The number of aryl methyl sites for hydroxylation is 1. The summed E-state index contributed by atoms with van der Waals surface area (Å²) >= 11 is 0. The van der Waals surface area contributed by atoms with Gasteiger partial charge in [0.15, 0.2) is 15.9 Å². The molecule has 1 aromatic carbocycles. The zero-order valence-electron chi connectivity index (χ0n) is 22.3. The molecule has 0 radical (unpaired) electrons. The second-order valence-corrected chi connectivity index (χ2v) is 11.1. The van der Waals surface area contributed by atoms with Crippen LogP contribution in [-0.4, -0.2) is 59.8 Å². The molecule has 0 fully saturated rings. The van der Waals surface area contributed by atoms with Crippen molar-refractivity contribution in [1.29, 1.82) is 0 Å². The van der Waals surface area contributed by atoms with Gasteiger partial charge in [0.05, 0.1) is 42.5 Å². The first kappa shape index (κ1) is 30.6. The van der Waals surface area contributed by atoms with E-state index in [4.69, 9.17) is 4.74 Å². The Bertz CT molecular complexity index is 1770. The Morgan fingerprint density at radius 3 is 2.45 bits per heavy atom. The molecule has 0 saturated carbocycles. The lowest BCUT2D eigenvalue weighted by atomic mass is 10.1. The topological polar surface area (TPSA) is 103 Å². The van der Waals surface area contributed by atoms with E-state index in [2.05, 4.69) is 32.6 Å². The Balaban J connectivity index is 1.72. The number of imidazole rings is 1. The number of benzene rings is 1. The lowest BCUT2D eigenvalue weighted by Gasteiger charge is -2.23. The van der Waals surface area contributed by atoms with Gasteiger partial charge in [-0.2, -0.15) is 31.4 Å². The zero-order valence-corrected chi connectivity index (χ0v) is 23.1. The van der Waals surface area contributed by atoms with Crippen LogP contribution < -0.4 is 15.4 Å². The van der Waals surface area contributed by atoms with E-state index in [1.165, 1.54) is 61.6 Å². The highest BCUT2D eigenvalue weighted by Gasteiger charge is 2.43. The molecule has 0 unspecified atom stereocenters. The number of sulfone groups is 1. The molecule has 1 atom stereocenters. The van der Waals surface area contributed by atoms with E-state index in [1.807, 2.05) is 0 Å². The Hall–Kier alpha value is -4.39. The molecule has 224 valence electrons. The normalized spacial score (nSPS) is 13.0. The fourth-order valence-corrected chi connectivity index (χ4v) is 4.77. The Morgan fingerprint density at radius 2 is 1.86 bits per heavy atom. The van der Waals surface area contributed by atoms with Crippen LogP contribution in [0.25, 0.3) is 5.65 Å². The predicted octanol–water partition coefficient (Wildman–Crippen LogP) is 4.76. The molecule has 0 saturated heterocycles. The molecular weight excluding hydrogens is 590 g/mol. The zero-order chi connectivity index (χ0) is 30.9. The van der Waals surface area contributed by atoms with Crippen molar-refractivity contribution in [3.05, 3.63) is 65.7 Å². The molecule has 2 N–H and O–H groups in total. The van der Waals surface area contributed by atoms with E-state index in [9.17, 15) is 34.8 Å². The highest BCUT2D eigenvalue weighted by Crippen LogP contribution is 2.38.